The van der Waals surface area contributed by atoms with Crippen LogP contribution in [-0.4, -0.2) is 22.8 Å². The maximum atomic E-state index is 11.9. The molecule has 6 heteroatoms. The molecule has 2 N–H and O–H groups in total. The predicted octanol–water partition coefficient (Wildman–Crippen LogP) is 2.43. The fraction of sp³-hybridized carbons (Fsp3) is 0.211. The van der Waals surface area contributed by atoms with Gasteiger partial charge in [-0.2, -0.15) is 0 Å². The Morgan fingerprint density at radius 2 is 2.00 bits per heavy atom. The van der Waals surface area contributed by atoms with Gasteiger partial charge in [-0.05, 0) is 31.0 Å². The van der Waals surface area contributed by atoms with Gasteiger partial charge in [0.25, 0.3) is 0 Å². The molecule has 1 aliphatic rings. The molecule has 0 unspecified atom stereocenters. The van der Waals surface area contributed by atoms with Gasteiger partial charge in [0.2, 0.25) is 11.8 Å². The van der Waals surface area contributed by atoms with E-state index in [4.69, 9.17) is 4.74 Å². The lowest BCUT2D eigenvalue weighted by molar-refractivity contribution is -0.117. The lowest BCUT2D eigenvalue weighted by atomic mass is 10.3. The summed E-state index contributed by atoms with van der Waals surface area (Å²) >= 11 is 0. The Bertz CT molecular complexity index is 770. The minimum atomic E-state index is -0.365. The zero-order valence-corrected chi connectivity index (χ0v) is 13.6. The lowest BCUT2D eigenvalue weighted by Crippen LogP contribution is -2.23. The molecule has 0 saturated heterocycles. The van der Waals surface area contributed by atoms with Crippen molar-refractivity contribution in [2.45, 2.75) is 25.5 Å². The first-order valence-corrected chi connectivity index (χ1v) is 8.10. The number of amides is 2. The Labute approximate surface area is 145 Å². The maximum Gasteiger partial charge on any atom is 0.248 e. The number of ether oxygens (including phenoxy) is 1. The summed E-state index contributed by atoms with van der Waals surface area (Å²) in [6, 6.07) is 11.1. The number of carbonyl (C=O) groups is 2. The van der Waals surface area contributed by atoms with Crippen LogP contribution in [0.3, 0.4) is 0 Å². The summed E-state index contributed by atoms with van der Waals surface area (Å²) in [5.41, 5.74) is 1.56. The topological polar surface area (TPSA) is 80.3 Å². The Kier molecular flexibility index (Phi) is 5.41. The maximum absolute atomic E-state index is 11.9. The number of carbonyl (C=O) groups excluding carboxylic acids is 2. The first-order valence-electron chi connectivity index (χ1n) is 8.10. The van der Waals surface area contributed by atoms with Crippen molar-refractivity contribution in [1.82, 2.24) is 10.3 Å². The number of hydrogen-bond acceptors (Lipinski definition) is 4. The predicted molar refractivity (Wildman–Crippen MR) is 93.9 cm³/mol. The van der Waals surface area contributed by atoms with Crippen LogP contribution in [0, 0.1) is 0 Å². The zero-order valence-electron chi connectivity index (χ0n) is 13.6. The van der Waals surface area contributed by atoms with Crippen molar-refractivity contribution in [2.75, 3.05) is 5.32 Å². The molecule has 0 radical (unpaired) electrons. The van der Waals surface area contributed by atoms with Crippen molar-refractivity contribution in [3.8, 4) is 5.75 Å². The van der Waals surface area contributed by atoms with Gasteiger partial charge in [-0.1, -0.05) is 12.1 Å². The molecule has 0 spiro atoms. The van der Waals surface area contributed by atoms with E-state index in [1.807, 2.05) is 18.2 Å². The first-order chi connectivity index (χ1) is 12.2. The van der Waals surface area contributed by atoms with Crippen LogP contribution >= 0.6 is 0 Å². The first kappa shape index (κ1) is 16.7. The Hall–Kier alpha value is -3.15. The molecule has 1 aromatic carbocycles. The number of rotatable bonds is 7. The molecule has 2 aromatic rings. The average molecular weight is 337 g/mol. The summed E-state index contributed by atoms with van der Waals surface area (Å²) in [5, 5.41) is 5.49. The molecule has 1 aliphatic carbocycles. The van der Waals surface area contributed by atoms with Gasteiger partial charge >= 0.3 is 0 Å². The number of aromatic nitrogens is 1. The smallest absolute Gasteiger partial charge is 0.248 e. The standard InChI is InChI=1S/C19H19N3O3/c23-18(21-15-6-7-15)8-9-19(24)22-16-4-1-5-17(11-16)25-13-14-3-2-10-20-12-14/h1-5,8-12,15H,6-7,13H2,(H,21,23)(H,22,24)/b9-8+. The quantitative estimate of drug-likeness (QED) is 0.761. The second-order valence-electron chi connectivity index (χ2n) is 5.78. The van der Waals surface area contributed by atoms with Crippen molar-refractivity contribution in [2.24, 2.45) is 0 Å². The molecule has 2 amide bonds. The Morgan fingerprint density at radius 3 is 2.76 bits per heavy atom. The molecule has 3 rings (SSSR count). The summed E-state index contributed by atoms with van der Waals surface area (Å²) < 4.78 is 5.69. The molecule has 0 atom stereocenters. The molecule has 0 bridgehead atoms. The van der Waals surface area contributed by atoms with E-state index in [1.54, 1.807) is 30.6 Å². The normalized spacial score (nSPS) is 13.4. The second kappa shape index (κ2) is 8.10. The fourth-order valence-electron chi connectivity index (χ4n) is 2.13. The molecule has 1 aromatic heterocycles. The van der Waals surface area contributed by atoms with E-state index in [9.17, 15) is 9.59 Å². The van der Waals surface area contributed by atoms with Gasteiger partial charge < -0.3 is 15.4 Å². The van der Waals surface area contributed by atoms with Gasteiger partial charge in [0, 0.05) is 47.9 Å². The van der Waals surface area contributed by atoms with Gasteiger partial charge in [0.15, 0.2) is 0 Å². The Morgan fingerprint density at radius 1 is 1.16 bits per heavy atom. The van der Waals surface area contributed by atoms with Crippen LogP contribution in [0.4, 0.5) is 5.69 Å². The number of hydrogen-bond donors (Lipinski definition) is 2. The number of nitrogens with one attached hydrogen (secondary N) is 2. The van der Waals surface area contributed by atoms with Crippen LogP contribution in [0.25, 0.3) is 0 Å². The summed E-state index contributed by atoms with van der Waals surface area (Å²) in [4.78, 5) is 27.4. The molecular weight excluding hydrogens is 318 g/mol. The van der Waals surface area contributed by atoms with Gasteiger partial charge in [0.1, 0.15) is 12.4 Å². The molecule has 0 aliphatic heterocycles. The third-order valence-corrected chi connectivity index (χ3v) is 3.54. The highest BCUT2D eigenvalue weighted by Crippen LogP contribution is 2.19. The molecular formula is C19H19N3O3. The third-order valence-electron chi connectivity index (χ3n) is 3.54. The van der Waals surface area contributed by atoms with Crippen LogP contribution in [0.15, 0.2) is 60.9 Å². The molecule has 1 heterocycles. The summed E-state index contributed by atoms with van der Waals surface area (Å²) in [7, 11) is 0. The summed E-state index contributed by atoms with van der Waals surface area (Å²) in [5.74, 6) is 0.0265. The molecule has 128 valence electrons. The molecule has 1 saturated carbocycles. The van der Waals surface area contributed by atoms with Crippen molar-refractivity contribution < 1.29 is 14.3 Å². The summed E-state index contributed by atoms with van der Waals surface area (Å²) in [6.45, 7) is 0.395. The summed E-state index contributed by atoms with van der Waals surface area (Å²) in [6.07, 6.45) is 7.94. The van der Waals surface area contributed by atoms with Crippen molar-refractivity contribution >= 4 is 17.5 Å². The fourth-order valence-corrected chi connectivity index (χ4v) is 2.13. The highest BCUT2D eigenvalue weighted by molar-refractivity contribution is 6.03. The molecule has 6 nitrogen and oxygen atoms in total. The van der Waals surface area contributed by atoms with E-state index in [0.717, 1.165) is 18.4 Å². The van der Waals surface area contributed by atoms with Gasteiger partial charge in [-0.15, -0.1) is 0 Å². The Balaban J connectivity index is 1.51. The highest BCUT2D eigenvalue weighted by Gasteiger charge is 2.22. The van der Waals surface area contributed by atoms with E-state index in [2.05, 4.69) is 15.6 Å². The monoisotopic (exact) mass is 337 g/mol. The van der Waals surface area contributed by atoms with E-state index < -0.39 is 0 Å². The lowest BCUT2D eigenvalue weighted by Gasteiger charge is -2.08. The third kappa shape index (κ3) is 5.76. The van der Waals surface area contributed by atoms with Crippen LogP contribution in [0.1, 0.15) is 18.4 Å². The number of anilines is 1. The van der Waals surface area contributed by atoms with Crippen LogP contribution in [-0.2, 0) is 16.2 Å². The minimum Gasteiger partial charge on any atom is -0.489 e. The molecule has 25 heavy (non-hydrogen) atoms. The van der Waals surface area contributed by atoms with Crippen molar-refractivity contribution in [1.29, 1.82) is 0 Å². The second-order valence-corrected chi connectivity index (χ2v) is 5.78. The number of benzene rings is 1. The highest BCUT2D eigenvalue weighted by atomic mass is 16.5. The van der Waals surface area contributed by atoms with Gasteiger partial charge in [0.05, 0.1) is 0 Å². The number of nitrogens with zero attached hydrogens (tertiary/aromatic N) is 1. The van der Waals surface area contributed by atoms with Gasteiger partial charge in [-0.25, -0.2) is 0 Å². The van der Waals surface area contributed by atoms with E-state index >= 15 is 0 Å². The molecule has 1 fully saturated rings. The zero-order chi connectivity index (χ0) is 17.5. The van der Waals surface area contributed by atoms with Crippen LogP contribution in [0.2, 0.25) is 0 Å². The minimum absolute atomic E-state index is 0.244. The number of pyridine rings is 1. The van der Waals surface area contributed by atoms with Crippen LogP contribution in [0.5, 0.6) is 5.75 Å². The average Bonchev–Trinajstić information content (AvgIpc) is 3.43. The SMILES string of the molecule is O=C(/C=C/C(=O)NC1CC1)Nc1cccc(OCc2cccnc2)c1. The van der Waals surface area contributed by atoms with E-state index in [1.165, 1.54) is 12.2 Å². The van der Waals surface area contributed by atoms with Crippen LogP contribution < -0.4 is 15.4 Å². The largest absolute Gasteiger partial charge is 0.489 e. The van der Waals surface area contributed by atoms with E-state index in [0.29, 0.717) is 18.0 Å². The van der Waals surface area contributed by atoms with Crippen molar-refractivity contribution in [3.05, 3.63) is 66.5 Å². The van der Waals surface area contributed by atoms with Crippen molar-refractivity contribution in [3.63, 3.8) is 0 Å². The van der Waals surface area contributed by atoms with E-state index in [-0.39, 0.29) is 17.9 Å². The van der Waals surface area contributed by atoms with Gasteiger partial charge in [-0.3, -0.25) is 14.6 Å².